The predicted molar refractivity (Wildman–Crippen MR) is 101 cm³/mol. The van der Waals surface area contributed by atoms with E-state index in [9.17, 15) is 22.8 Å². The summed E-state index contributed by atoms with van der Waals surface area (Å²) in [5, 5.41) is 1.78. The van der Waals surface area contributed by atoms with Crippen molar-refractivity contribution in [3.05, 3.63) is 29.8 Å². The fourth-order valence-corrected chi connectivity index (χ4v) is 6.25. The molecule has 1 aromatic carbocycles. The molecule has 2 atom stereocenters. The SMILES string of the molecule is CC(C)[C@H](OC(=O)c1ccccc1S[C@@H]1CCS(=O)(=O)C1)C(=O)NC(N)=O. The highest BCUT2D eigenvalue weighted by molar-refractivity contribution is 8.02. The van der Waals surface area contributed by atoms with Gasteiger partial charge in [-0.05, 0) is 24.5 Å². The third-order valence-electron chi connectivity index (χ3n) is 3.94. The number of carbonyl (C=O) groups is 3. The Morgan fingerprint density at radius 1 is 1.26 bits per heavy atom. The van der Waals surface area contributed by atoms with Crippen LogP contribution < -0.4 is 11.1 Å². The second-order valence-corrected chi connectivity index (χ2v) is 10.1. The number of nitrogens with one attached hydrogen (secondary N) is 1. The van der Waals surface area contributed by atoms with Crippen LogP contribution in [0.1, 0.15) is 30.6 Å². The van der Waals surface area contributed by atoms with Gasteiger partial charge in [0.05, 0.1) is 17.1 Å². The summed E-state index contributed by atoms with van der Waals surface area (Å²) in [4.78, 5) is 36.1. The number of urea groups is 1. The van der Waals surface area contributed by atoms with Gasteiger partial charge < -0.3 is 10.5 Å². The monoisotopic (exact) mass is 414 g/mol. The Bertz CT molecular complexity index is 838. The molecule has 0 saturated carbocycles. The zero-order chi connectivity index (χ0) is 20.2. The Balaban J connectivity index is 2.16. The van der Waals surface area contributed by atoms with Gasteiger partial charge in [0.2, 0.25) is 0 Å². The molecule has 1 aliphatic heterocycles. The lowest BCUT2D eigenvalue weighted by molar-refractivity contribution is -0.130. The van der Waals surface area contributed by atoms with Crippen LogP contribution in [0, 0.1) is 5.92 Å². The third-order valence-corrected chi connectivity index (χ3v) is 7.26. The molecule has 10 heteroatoms. The first kappa shape index (κ1) is 21.2. The third kappa shape index (κ3) is 5.96. The second kappa shape index (κ2) is 8.75. The van der Waals surface area contributed by atoms with Crippen LogP contribution in [-0.2, 0) is 19.4 Å². The number of rotatable bonds is 6. The summed E-state index contributed by atoms with van der Waals surface area (Å²) in [6, 6.07) is 5.62. The zero-order valence-electron chi connectivity index (χ0n) is 15.0. The van der Waals surface area contributed by atoms with Gasteiger partial charge in [-0.25, -0.2) is 18.0 Å². The van der Waals surface area contributed by atoms with Gasteiger partial charge in [0.25, 0.3) is 5.91 Å². The summed E-state index contributed by atoms with van der Waals surface area (Å²) in [5.41, 5.74) is 5.19. The van der Waals surface area contributed by atoms with Gasteiger partial charge in [-0.1, -0.05) is 26.0 Å². The van der Waals surface area contributed by atoms with Crippen LogP contribution in [0.4, 0.5) is 4.79 Å². The van der Waals surface area contributed by atoms with Gasteiger partial charge in [0.15, 0.2) is 15.9 Å². The van der Waals surface area contributed by atoms with Crippen molar-refractivity contribution in [2.45, 2.75) is 36.5 Å². The molecule has 2 rings (SSSR count). The molecule has 148 valence electrons. The highest BCUT2D eigenvalue weighted by Crippen LogP contribution is 2.33. The van der Waals surface area contributed by atoms with Crippen molar-refractivity contribution in [2.75, 3.05) is 11.5 Å². The van der Waals surface area contributed by atoms with Gasteiger partial charge in [0, 0.05) is 10.1 Å². The summed E-state index contributed by atoms with van der Waals surface area (Å²) in [5.74, 6) is -1.69. The second-order valence-electron chi connectivity index (χ2n) is 6.56. The molecule has 1 fully saturated rings. The van der Waals surface area contributed by atoms with E-state index in [1.54, 1.807) is 38.1 Å². The van der Waals surface area contributed by atoms with Crippen molar-refractivity contribution in [3.8, 4) is 0 Å². The van der Waals surface area contributed by atoms with Crippen LogP contribution in [0.5, 0.6) is 0 Å². The van der Waals surface area contributed by atoms with Gasteiger partial charge in [-0.3, -0.25) is 10.1 Å². The van der Waals surface area contributed by atoms with Crippen molar-refractivity contribution in [1.82, 2.24) is 5.32 Å². The lowest BCUT2D eigenvalue weighted by atomic mass is 10.1. The molecule has 0 aromatic heterocycles. The Hall–Kier alpha value is -2.07. The summed E-state index contributed by atoms with van der Waals surface area (Å²) in [7, 11) is -3.04. The molecule has 8 nitrogen and oxygen atoms in total. The van der Waals surface area contributed by atoms with E-state index < -0.39 is 33.8 Å². The maximum Gasteiger partial charge on any atom is 0.340 e. The normalized spacial score (nSPS) is 19.4. The van der Waals surface area contributed by atoms with E-state index in [2.05, 4.69) is 0 Å². The number of thioether (sulfide) groups is 1. The molecule has 0 bridgehead atoms. The van der Waals surface area contributed by atoms with E-state index >= 15 is 0 Å². The molecule has 0 aliphatic carbocycles. The quantitative estimate of drug-likeness (QED) is 0.671. The summed E-state index contributed by atoms with van der Waals surface area (Å²) >= 11 is 1.31. The molecule has 1 aromatic rings. The van der Waals surface area contributed by atoms with E-state index in [1.807, 2.05) is 5.32 Å². The molecule has 0 unspecified atom stereocenters. The molecule has 1 saturated heterocycles. The van der Waals surface area contributed by atoms with Crippen molar-refractivity contribution >= 4 is 39.5 Å². The number of hydrogen-bond acceptors (Lipinski definition) is 7. The van der Waals surface area contributed by atoms with Gasteiger partial charge in [-0.2, -0.15) is 0 Å². The van der Waals surface area contributed by atoms with Crippen LogP contribution in [0.25, 0.3) is 0 Å². The first-order valence-corrected chi connectivity index (χ1v) is 11.1. The molecular formula is C17H22N2O6S2. The fraction of sp³-hybridized carbons (Fsp3) is 0.471. The maximum atomic E-state index is 12.6. The topological polar surface area (TPSA) is 133 Å². The Kier molecular flexibility index (Phi) is 6.88. The molecule has 1 aliphatic rings. The minimum atomic E-state index is -3.04. The van der Waals surface area contributed by atoms with Crippen LogP contribution in [0.2, 0.25) is 0 Å². The van der Waals surface area contributed by atoms with E-state index in [1.165, 1.54) is 11.8 Å². The lowest BCUT2D eigenvalue weighted by Crippen LogP contribution is -2.45. The smallest absolute Gasteiger partial charge is 0.340 e. The average Bonchev–Trinajstić information content (AvgIpc) is 2.90. The number of ether oxygens (including phenoxy) is 1. The highest BCUT2D eigenvalue weighted by Gasteiger charge is 2.31. The number of imide groups is 1. The largest absolute Gasteiger partial charge is 0.448 e. The number of benzene rings is 1. The van der Waals surface area contributed by atoms with Crippen molar-refractivity contribution in [2.24, 2.45) is 11.7 Å². The molecule has 3 N–H and O–H groups in total. The molecule has 27 heavy (non-hydrogen) atoms. The highest BCUT2D eigenvalue weighted by atomic mass is 32.2. The molecule has 3 amide bonds. The number of primary amides is 1. The van der Waals surface area contributed by atoms with Crippen LogP contribution in [-0.4, -0.2) is 49.2 Å². The van der Waals surface area contributed by atoms with E-state index in [0.29, 0.717) is 11.3 Å². The minimum absolute atomic E-state index is 0.0662. The number of nitrogens with two attached hydrogens (primary N) is 1. The fourth-order valence-electron chi connectivity index (χ4n) is 2.64. The van der Waals surface area contributed by atoms with Crippen LogP contribution in [0.3, 0.4) is 0 Å². The Morgan fingerprint density at radius 2 is 1.93 bits per heavy atom. The lowest BCUT2D eigenvalue weighted by Gasteiger charge is -2.20. The molecule has 1 heterocycles. The van der Waals surface area contributed by atoms with E-state index in [-0.39, 0.29) is 28.2 Å². The summed E-state index contributed by atoms with van der Waals surface area (Å²) in [6.07, 6.45) is -0.665. The summed E-state index contributed by atoms with van der Waals surface area (Å²) < 4.78 is 28.6. The number of carbonyl (C=O) groups excluding carboxylic acids is 3. The first-order chi connectivity index (χ1) is 12.6. The van der Waals surface area contributed by atoms with E-state index in [0.717, 1.165) is 0 Å². The summed E-state index contributed by atoms with van der Waals surface area (Å²) in [6.45, 7) is 3.34. The Labute approximate surface area is 162 Å². The van der Waals surface area contributed by atoms with Crippen molar-refractivity contribution in [1.29, 1.82) is 0 Å². The number of esters is 1. The van der Waals surface area contributed by atoms with Crippen molar-refractivity contribution in [3.63, 3.8) is 0 Å². The van der Waals surface area contributed by atoms with Crippen LogP contribution in [0.15, 0.2) is 29.2 Å². The van der Waals surface area contributed by atoms with Gasteiger partial charge in [0.1, 0.15) is 0 Å². The van der Waals surface area contributed by atoms with E-state index in [4.69, 9.17) is 10.5 Å². The molecular weight excluding hydrogens is 392 g/mol. The van der Waals surface area contributed by atoms with Gasteiger partial charge in [-0.15, -0.1) is 11.8 Å². The Morgan fingerprint density at radius 3 is 2.48 bits per heavy atom. The minimum Gasteiger partial charge on any atom is -0.448 e. The number of hydrogen-bond donors (Lipinski definition) is 2. The number of sulfone groups is 1. The number of amides is 3. The maximum absolute atomic E-state index is 12.6. The molecule has 0 radical (unpaired) electrons. The van der Waals surface area contributed by atoms with Crippen molar-refractivity contribution < 1.29 is 27.5 Å². The average molecular weight is 415 g/mol. The van der Waals surface area contributed by atoms with Gasteiger partial charge >= 0.3 is 12.0 Å². The predicted octanol–water partition coefficient (Wildman–Crippen LogP) is 1.34. The molecule has 0 spiro atoms. The standard InChI is InChI=1S/C17H22N2O6S2/c1-10(2)14(15(20)19-17(18)22)25-16(21)12-5-3-4-6-13(12)26-11-7-8-27(23,24)9-11/h3-6,10-11,14H,7-9H2,1-2H3,(H3,18,19,20,22)/t11-,14+/m1/s1. The first-order valence-electron chi connectivity index (χ1n) is 8.36. The zero-order valence-corrected chi connectivity index (χ0v) is 16.6. The van der Waals surface area contributed by atoms with Crippen LogP contribution >= 0.6 is 11.8 Å².